The summed E-state index contributed by atoms with van der Waals surface area (Å²) < 4.78 is 5.20. The zero-order chi connectivity index (χ0) is 14.4. The largest absolute Gasteiger partial charge is 0.467 e. The van der Waals surface area contributed by atoms with Gasteiger partial charge < -0.3 is 15.1 Å². The molecule has 3 unspecified atom stereocenters. The average Bonchev–Trinajstić information content (AvgIpc) is 2.98. The van der Waals surface area contributed by atoms with Gasteiger partial charge in [-0.3, -0.25) is 4.79 Å². The fourth-order valence-corrected chi connectivity index (χ4v) is 3.51. The Bertz CT molecular complexity index is 408. The number of rotatable bonds is 6. The molecule has 0 saturated heterocycles. The van der Waals surface area contributed by atoms with Crippen molar-refractivity contribution in [3.63, 3.8) is 0 Å². The molecule has 0 radical (unpaired) electrons. The van der Waals surface area contributed by atoms with Crippen molar-refractivity contribution in [2.24, 2.45) is 0 Å². The Kier molecular flexibility index (Phi) is 5.98. The average molecular weight is 296 g/mol. The number of amides is 1. The molecule has 1 aliphatic rings. The van der Waals surface area contributed by atoms with Crippen molar-refractivity contribution in [2.45, 2.75) is 56.5 Å². The van der Waals surface area contributed by atoms with E-state index in [0.717, 1.165) is 17.4 Å². The van der Waals surface area contributed by atoms with Crippen LogP contribution in [0.1, 0.15) is 38.4 Å². The van der Waals surface area contributed by atoms with Gasteiger partial charge in [0.25, 0.3) is 0 Å². The maximum atomic E-state index is 12.0. The molecule has 1 aromatic rings. The maximum Gasteiger partial charge on any atom is 0.237 e. The molecule has 4 nitrogen and oxygen atoms in total. The van der Waals surface area contributed by atoms with E-state index in [9.17, 15) is 4.79 Å². The first kappa shape index (κ1) is 15.4. The molecule has 1 amide bonds. The van der Waals surface area contributed by atoms with E-state index in [2.05, 4.69) is 16.9 Å². The van der Waals surface area contributed by atoms with Crippen molar-refractivity contribution >= 4 is 17.7 Å². The van der Waals surface area contributed by atoms with Crippen molar-refractivity contribution < 1.29 is 9.21 Å². The molecule has 0 aliphatic heterocycles. The summed E-state index contributed by atoms with van der Waals surface area (Å²) in [5.41, 5.74) is 0. The van der Waals surface area contributed by atoms with Gasteiger partial charge in [-0.2, -0.15) is 11.8 Å². The second-order valence-corrected chi connectivity index (χ2v) is 6.54. The number of carbonyl (C=O) groups is 1. The summed E-state index contributed by atoms with van der Waals surface area (Å²) in [7, 11) is 0. The van der Waals surface area contributed by atoms with Crippen LogP contribution in [-0.2, 0) is 11.3 Å². The van der Waals surface area contributed by atoms with Crippen LogP contribution in [0, 0.1) is 0 Å². The minimum absolute atomic E-state index is 0.0349. The summed E-state index contributed by atoms with van der Waals surface area (Å²) >= 11 is 1.94. The summed E-state index contributed by atoms with van der Waals surface area (Å²) in [6.45, 7) is 2.39. The Balaban J connectivity index is 1.73. The second-order valence-electron chi connectivity index (χ2n) is 5.41. The van der Waals surface area contributed by atoms with Crippen LogP contribution in [0.3, 0.4) is 0 Å². The monoisotopic (exact) mass is 296 g/mol. The highest BCUT2D eigenvalue weighted by Crippen LogP contribution is 2.27. The third-order valence-electron chi connectivity index (χ3n) is 3.86. The number of hydrogen-bond acceptors (Lipinski definition) is 4. The number of carbonyl (C=O) groups excluding carboxylic acids is 1. The standard InChI is InChI=1S/C15H24N2O2S/c1-11(15(18)16-10-13-6-4-8-19-13)17-12-5-3-7-14(9-12)20-2/h4,6,8,11-12,14,17H,3,5,7,9-10H2,1-2H3,(H,16,18). The molecule has 5 heteroatoms. The van der Waals surface area contributed by atoms with Gasteiger partial charge in [-0.1, -0.05) is 6.42 Å². The van der Waals surface area contributed by atoms with Crippen molar-refractivity contribution in [2.75, 3.05) is 6.26 Å². The topological polar surface area (TPSA) is 54.3 Å². The maximum absolute atomic E-state index is 12.0. The first-order chi connectivity index (χ1) is 9.69. The predicted molar refractivity (Wildman–Crippen MR) is 82.7 cm³/mol. The van der Waals surface area contributed by atoms with Crippen LogP contribution in [0.2, 0.25) is 0 Å². The smallest absolute Gasteiger partial charge is 0.237 e. The Hall–Kier alpha value is -0.940. The number of furan rings is 1. The fourth-order valence-electron chi connectivity index (χ4n) is 2.68. The third-order valence-corrected chi connectivity index (χ3v) is 4.95. The highest BCUT2D eigenvalue weighted by atomic mass is 32.2. The van der Waals surface area contributed by atoms with Gasteiger partial charge in [0, 0.05) is 11.3 Å². The lowest BCUT2D eigenvalue weighted by atomic mass is 9.94. The van der Waals surface area contributed by atoms with Gasteiger partial charge in [0.15, 0.2) is 0 Å². The van der Waals surface area contributed by atoms with Gasteiger partial charge in [0.2, 0.25) is 5.91 Å². The van der Waals surface area contributed by atoms with E-state index in [0.29, 0.717) is 12.6 Å². The molecule has 1 aliphatic carbocycles. The lowest BCUT2D eigenvalue weighted by Gasteiger charge is -2.30. The second kappa shape index (κ2) is 7.74. The van der Waals surface area contributed by atoms with Gasteiger partial charge >= 0.3 is 0 Å². The molecule has 1 saturated carbocycles. The molecule has 1 heterocycles. The lowest BCUT2D eigenvalue weighted by Crippen LogP contribution is -2.48. The highest BCUT2D eigenvalue weighted by molar-refractivity contribution is 7.99. The van der Waals surface area contributed by atoms with E-state index in [1.54, 1.807) is 6.26 Å². The third kappa shape index (κ3) is 4.56. The van der Waals surface area contributed by atoms with Crippen LogP contribution >= 0.6 is 11.8 Å². The van der Waals surface area contributed by atoms with E-state index in [1.165, 1.54) is 19.3 Å². The Morgan fingerprint density at radius 1 is 1.55 bits per heavy atom. The van der Waals surface area contributed by atoms with Crippen molar-refractivity contribution in [1.82, 2.24) is 10.6 Å². The minimum atomic E-state index is -0.157. The van der Waals surface area contributed by atoms with Crippen molar-refractivity contribution in [1.29, 1.82) is 0 Å². The number of thioether (sulfide) groups is 1. The molecule has 1 aromatic heterocycles. The molecule has 0 spiro atoms. The highest BCUT2D eigenvalue weighted by Gasteiger charge is 2.24. The Morgan fingerprint density at radius 2 is 2.40 bits per heavy atom. The van der Waals surface area contributed by atoms with Gasteiger partial charge in [-0.05, 0) is 44.6 Å². The zero-order valence-corrected chi connectivity index (χ0v) is 13.0. The number of hydrogen-bond donors (Lipinski definition) is 2. The lowest BCUT2D eigenvalue weighted by molar-refractivity contribution is -0.123. The summed E-state index contributed by atoms with van der Waals surface area (Å²) in [4.78, 5) is 12.0. The first-order valence-electron chi connectivity index (χ1n) is 7.28. The zero-order valence-electron chi connectivity index (χ0n) is 12.2. The van der Waals surface area contributed by atoms with Crippen LogP contribution in [0.4, 0.5) is 0 Å². The van der Waals surface area contributed by atoms with Gasteiger partial charge in [-0.15, -0.1) is 0 Å². The van der Waals surface area contributed by atoms with Gasteiger partial charge in [0.05, 0.1) is 18.8 Å². The summed E-state index contributed by atoms with van der Waals surface area (Å²) in [6, 6.07) is 4.00. The van der Waals surface area contributed by atoms with Crippen molar-refractivity contribution in [3.05, 3.63) is 24.2 Å². The summed E-state index contributed by atoms with van der Waals surface area (Å²) in [5, 5.41) is 7.09. The van der Waals surface area contributed by atoms with E-state index < -0.39 is 0 Å². The first-order valence-corrected chi connectivity index (χ1v) is 8.56. The Morgan fingerprint density at radius 3 is 3.10 bits per heavy atom. The normalized spacial score (nSPS) is 24.3. The Labute approximate surface area is 125 Å². The number of nitrogens with one attached hydrogen (secondary N) is 2. The van der Waals surface area contributed by atoms with Gasteiger partial charge in [-0.25, -0.2) is 0 Å². The van der Waals surface area contributed by atoms with Crippen LogP contribution in [-0.4, -0.2) is 29.5 Å². The van der Waals surface area contributed by atoms with E-state index in [4.69, 9.17) is 4.42 Å². The van der Waals surface area contributed by atoms with Crippen molar-refractivity contribution in [3.8, 4) is 0 Å². The fraction of sp³-hybridized carbons (Fsp3) is 0.667. The summed E-state index contributed by atoms with van der Waals surface area (Å²) in [6.07, 6.45) is 8.69. The van der Waals surface area contributed by atoms with E-state index in [1.807, 2.05) is 30.8 Å². The molecule has 112 valence electrons. The molecule has 20 heavy (non-hydrogen) atoms. The minimum Gasteiger partial charge on any atom is -0.467 e. The molecule has 0 aromatic carbocycles. The molecule has 2 N–H and O–H groups in total. The molecule has 1 fully saturated rings. The van der Waals surface area contributed by atoms with E-state index in [-0.39, 0.29) is 11.9 Å². The van der Waals surface area contributed by atoms with Crippen LogP contribution in [0.15, 0.2) is 22.8 Å². The van der Waals surface area contributed by atoms with Gasteiger partial charge in [0.1, 0.15) is 5.76 Å². The predicted octanol–water partition coefficient (Wildman–Crippen LogP) is 2.55. The van der Waals surface area contributed by atoms with Crippen LogP contribution < -0.4 is 10.6 Å². The molecular formula is C15H24N2O2S. The molecule has 3 atom stereocenters. The molecule has 2 rings (SSSR count). The van der Waals surface area contributed by atoms with E-state index >= 15 is 0 Å². The van der Waals surface area contributed by atoms with Crippen LogP contribution in [0.25, 0.3) is 0 Å². The molecule has 0 bridgehead atoms. The summed E-state index contributed by atoms with van der Waals surface area (Å²) in [5.74, 6) is 0.818. The molecular weight excluding hydrogens is 272 g/mol. The SMILES string of the molecule is CSC1CCCC(NC(C)C(=O)NCc2ccco2)C1. The van der Waals surface area contributed by atoms with Crippen LogP contribution in [0.5, 0.6) is 0 Å². The quantitative estimate of drug-likeness (QED) is 0.847.